The van der Waals surface area contributed by atoms with Gasteiger partial charge < -0.3 is 14.9 Å². The van der Waals surface area contributed by atoms with Gasteiger partial charge in [0, 0.05) is 20.3 Å². The summed E-state index contributed by atoms with van der Waals surface area (Å²) >= 11 is 0. The molecule has 0 heterocycles. The smallest absolute Gasteiger partial charge is 0.303 e. The first-order valence-corrected chi connectivity index (χ1v) is 5.82. The first-order chi connectivity index (χ1) is 8.27. The highest BCUT2D eigenvalue weighted by atomic mass is 16.5. The van der Waals surface area contributed by atoms with Crippen LogP contribution in [-0.2, 0) is 19.1 Å². The van der Waals surface area contributed by atoms with Crippen LogP contribution in [0.1, 0.15) is 53.4 Å². The van der Waals surface area contributed by atoms with Crippen molar-refractivity contribution >= 4 is 17.9 Å². The van der Waals surface area contributed by atoms with Gasteiger partial charge in [-0.2, -0.15) is 0 Å². The zero-order chi connectivity index (χ0) is 15.0. The lowest BCUT2D eigenvalue weighted by atomic mass is 10.4. The van der Waals surface area contributed by atoms with Gasteiger partial charge in [-0.15, -0.1) is 0 Å². The van der Waals surface area contributed by atoms with Crippen LogP contribution in [0.15, 0.2) is 0 Å². The van der Waals surface area contributed by atoms with E-state index in [0.29, 0.717) is 13.0 Å². The van der Waals surface area contributed by atoms with E-state index in [-0.39, 0.29) is 5.97 Å². The second kappa shape index (κ2) is 17.8. The summed E-state index contributed by atoms with van der Waals surface area (Å²) in [5.74, 6) is -1.73. The summed E-state index contributed by atoms with van der Waals surface area (Å²) in [6.45, 7) is 6.99. The van der Waals surface area contributed by atoms with Gasteiger partial charge in [0.25, 0.3) is 5.97 Å². The number of ether oxygens (including phenoxy) is 1. The molecule has 0 aliphatic carbocycles. The first kappa shape index (κ1) is 21.7. The molecular formula is C12H24O6. The second-order valence-electron chi connectivity index (χ2n) is 3.36. The number of rotatable bonds is 5. The van der Waals surface area contributed by atoms with E-state index in [1.807, 2.05) is 6.92 Å². The van der Waals surface area contributed by atoms with E-state index in [0.717, 1.165) is 26.2 Å². The van der Waals surface area contributed by atoms with Crippen LogP contribution in [0.3, 0.4) is 0 Å². The summed E-state index contributed by atoms with van der Waals surface area (Å²) in [6, 6.07) is 0. The molecule has 0 saturated heterocycles. The van der Waals surface area contributed by atoms with E-state index >= 15 is 0 Å². The van der Waals surface area contributed by atoms with E-state index in [1.54, 1.807) is 0 Å². The average Bonchev–Trinajstić information content (AvgIpc) is 2.17. The van der Waals surface area contributed by atoms with E-state index < -0.39 is 11.9 Å². The van der Waals surface area contributed by atoms with Gasteiger partial charge in [-0.25, -0.2) is 0 Å². The van der Waals surface area contributed by atoms with E-state index in [4.69, 9.17) is 15.0 Å². The van der Waals surface area contributed by atoms with Crippen LogP contribution in [0.2, 0.25) is 0 Å². The number of aliphatic carboxylic acids is 2. The molecule has 0 aliphatic heterocycles. The maximum Gasteiger partial charge on any atom is 0.303 e. The first-order valence-electron chi connectivity index (χ1n) is 5.82. The Hall–Kier alpha value is -1.59. The number of carbonyl (C=O) groups excluding carboxylic acids is 1. The van der Waals surface area contributed by atoms with E-state index in [9.17, 15) is 9.59 Å². The van der Waals surface area contributed by atoms with Crippen molar-refractivity contribution in [3.8, 4) is 0 Å². The molecule has 18 heavy (non-hydrogen) atoms. The summed E-state index contributed by atoms with van der Waals surface area (Å²) in [4.78, 5) is 28.7. The van der Waals surface area contributed by atoms with Crippen molar-refractivity contribution in [3.63, 3.8) is 0 Å². The molecule has 0 radical (unpaired) electrons. The lowest BCUT2D eigenvalue weighted by Gasteiger charge is -1.96. The Morgan fingerprint density at radius 3 is 1.61 bits per heavy atom. The van der Waals surface area contributed by atoms with Crippen LogP contribution in [-0.4, -0.2) is 34.7 Å². The topological polar surface area (TPSA) is 101 Å². The quantitative estimate of drug-likeness (QED) is 0.583. The van der Waals surface area contributed by atoms with Crippen molar-refractivity contribution < 1.29 is 29.3 Å². The lowest BCUT2D eigenvalue weighted by molar-refractivity contribution is -0.141. The molecule has 0 spiro atoms. The van der Waals surface area contributed by atoms with Gasteiger partial charge >= 0.3 is 11.9 Å². The molecule has 0 aromatic carbocycles. The standard InChI is InChI=1S/C6H12O2.C4H8O2.C2H4O2/c1-3-4-5-8-6(2)7;1-2-3-4(5)6;1-2(3)4/h3-5H2,1-2H3;2-3H2,1H3,(H,5,6);1H3,(H,3,4). The Labute approximate surface area is 108 Å². The fourth-order valence-electron chi connectivity index (χ4n) is 0.574. The molecule has 0 atom stereocenters. The molecule has 2 N–H and O–H groups in total. The van der Waals surface area contributed by atoms with Crippen LogP contribution < -0.4 is 0 Å². The maximum absolute atomic E-state index is 10.1. The van der Waals surface area contributed by atoms with Gasteiger partial charge in [0.05, 0.1) is 6.61 Å². The number of esters is 1. The average molecular weight is 264 g/mol. The Morgan fingerprint density at radius 1 is 1.00 bits per heavy atom. The Morgan fingerprint density at radius 2 is 1.44 bits per heavy atom. The van der Waals surface area contributed by atoms with Crippen molar-refractivity contribution in [2.75, 3.05) is 6.61 Å². The van der Waals surface area contributed by atoms with Crippen LogP contribution >= 0.6 is 0 Å². The van der Waals surface area contributed by atoms with Gasteiger partial charge in [0.1, 0.15) is 0 Å². The van der Waals surface area contributed by atoms with Crippen molar-refractivity contribution in [3.05, 3.63) is 0 Å². The molecule has 0 saturated carbocycles. The Kier molecular flexibility index (Phi) is 21.4. The number of carboxylic acid groups (broad SMARTS) is 2. The molecule has 0 amide bonds. The number of carboxylic acids is 2. The van der Waals surface area contributed by atoms with E-state index in [2.05, 4.69) is 11.7 Å². The normalized spacial score (nSPS) is 8.00. The van der Waals surface area contributed by atoms with Gasteiger partial charge in [0.15, 0.2) is 0 Å². The monoisotopic (exact) mass is 264 g/mol. The predicted octanol–water partition coefficient (Wildman–Crippen LogP) is 2.31. The van der Waals surface area contributed by atoms with Gasteiger partial charge in [-0.3, -0.25) is 14.4 Å². The highest BCUT2D eigenvalue weighted by Crippen LogP contribution is 1.86. The summed E-state index contributed by atoms with van der Waals surface area (Å²) in [5, 5.41) is 15.3. The highest BCUT2D eigenvalue weighted by Gasteiger charge is 1.88. The number of carbonyl (C=O) groups is 3. The molecule has 0 aromatic heterocycles. The zero-order valence-electron chi connectivity index (χ0n) is 11.6. The minimum absolute atomic E-state index is 0.182. The molecule has 0 aliphatic rings. The molecule has 0 bridgehead atoms. The van der Waals surface area contributed by atoms with Crippen molar-refractivity contribution in [2.24, 2.45) is 0 Å². The molecule has 0 aromatic rings. The molecule has 6 heteroatoms. The fourth-order valence-corrected chi connectivity index (χ4v) is 0.574. The summed E-state index contributed by atoms with van der Waals surface area (Å²) in [7, 11) is 0. The maximum atomic E-state index is 10.1. The molecule has 108 valence electrons. The van der Waals surface area contributed by atoms with E-state index in [1.165, 1.54) is 6.92 Å². The minimum atomic E-state index is -0.833. The number of unbranched alkanes of at least 4 members (excludes halogenated alkanes) is 1. The van der Waals surface area contributed by atoms with Gasteiger partial charge in [-0.05, 0) is 12.8 Å². The number of hydrogen-bond acceptors (Lipinski definition) is 4. The van der Waals surface area contributed by atoms with Gasteiger partial charge in [-0.1, -0.05) is 20.3 Å². The number of hydrogen-bond donors (Lipinski definition) is 2. The Balaban J connectivity index is -0.000000200. The summed E-state index contributed by atoms with van der Waals surface area (Å²) < 4.78 is 4.64. The Bertz CT molecular complexity index is 221. The van der Waals surface area contributed by atoms with Crippen LogP contribution in [0.5, 0.6) is 0 Å². The largest absolute Gasteiger partial charge is 0.481 e. The van der Waals surface area contributed by atoms with Gasteiger partial charge in [0.2, 0.25) is 0 Å². The van der Waals surface area contributed by atoms with Crippen molar-refractivity contribution in [1.82, 2.24) is 0 Å². The third-order valence-electron chi connectivity index (χ3n) is 1.27. The lowest BCUT2D eigenvalue weighted by Crippen LogP contribution is -1.99. The van der Waals surface area contributed by atoms with Crippen molar-refractivity contribution in [1.29, 1.82) is 0 Å². The van der Waals surface area contributed by atoms with Crippen LogP contribution in [0, 0.1) is 0 Å². The third kappa shape index (κ3) is 63.1. The second-order valence-corrected chi connectivity index (χ2v) is 3.36. The summed E-state index contributed by atoms with van der Waals surface area (Å²) in [6.07, 6.45) is 3.07. The molecule has 6 nitrogen and oxygen atoms in total. The molecular weight excluding hydrogens is 240 g/mol. The van der Waals surface area contributed by atoms with Crippen LogP contribution in [0.4, 0.5) is 0 Å². The molecule has 0 fully saturated rings. The molecule has 0 unspecified atom stereocenters. The zero-order valence-corrected chi connectivity index (χ0v) is 11.6. The summed E-state index contributed by atoms with van der Waals surface area (Å²) in [5.41, 5.74) is 0. The highest BCUT2D eigenvalue weighted by molar-refractivity contribution is 5.66. The molecule has 0 rings (SSSR count). The third-order valence-corrected chi connectivity index (χ3v) is 1.27. The van der Waals surface area contributed by atoms with Crippen molar-refractivity contribution in [2.45, 2.75) is 53.4 Å². The predicted molar refractivity (Wildman–Crippen MR) is 67.4 cm³/mol. The fraction of sp³-hybridized carbons (Fsp3) is 0.750. The SMILES string of the molecule is CC(=O)O.CCCC(=O)O.CCCCOC(C)=O. The minimum Gasteiger partial charge on any atom is -0.481 e. The van der Waals surface area contributed by atoms with Crippen LogP contribution in [0.25, 0.3) is 0 Å².